The molecule has 1 heterocycles. The lowest BCUT2D eigenvalue weighted by Crippen LogP contribution is -2.26. The molecule has 92 valence electrons. The fourth-order valence-corrected chi connectivity index (χ4v) is 1.45. The third-order valence-electron chi connectivity index (χ3n) is 2.34. The van der Waals surface area contributed by atoms with Gasteiger partial charge >= 0.3 is 5.69 Å². The molecule has 1 aromatic heterocycles. The van der Waals surface area contributed by atoms with Gasteiger partial charge in [0.1, 0.15) is 0 Å². The van der Waals surface area contributed by atoms with E-state index >= 15 is 0 Å². The number of aryl methyl sites for hydroxylation is 1. The molecule has 0 saturated carbocycles. The maximum absolute atomic E-state index is 11.5. The van der Waals surface area contributed by atoms with Crippen LogP contribution < -0.4 is 16.7 Å². The lowest BCUT2D eigenvalue weighted by Gasteiger charge is -1.99. The molecule has 0 fully saturated rings. The largest absolute Gasteiger partial charge is 0.325 e. The zero-order chi connectivity index (χ0) is 13.0. The molecule has 6 heteroatoms. The van der Waals surface area contributed by atoms with Gasteiger partial charge in [-0.05, 0) is 19.1 Å². The Morgan fingerprint density at radius 2 is 1.89 bits per heavy atom. The number of hydrogen-bond donors (Lipinski definition) is 3. The van der Waals surface area contributed by atoms with E-state index < -0.39 is 11.2 Å². The minimum absolute atomic E-state index is 0.318. The molecule has 0 radical (unpaired) electrons. The minimum Gasteiger partial charge on any atom is -0.311 e. The van der Waals surface area contributed by atoms with Crippen LogP contribution in [-0.4, -0.2) is 16.2 Å². The summed E-state index contributed by atoms with van der Waals surface area (Å²) in [5.74, 6) is 0. The summed E-state index contributed by atoms with van der Waals surface area (Å²) in [7, 11) is 0. The van der Waals surface area contributed by atoms with Crippen LogP contribution in [0.3, 0.4) is 0 Å². The van der Waals surface area contributed by atoms with E-state index in [0.29, 0.717) is 11.3 Å². The molecule has 1 aromatic carbocycles. The summed E-state index contributed by atoms with van der Waals surface area (Å²) in [5.41, 5.74) is 3.41. The molecular weight excluding hydrogens is 232 g/mol. The number of aromatic amines is 2. The molecule has 0 spiro atoms. The fourth-order valence-electron chi connectivity index (χ4n) is 1.45. The van der Waals surface area contributed by atoms with Crippen LogP contribution in [-0.2, 0) is 0 Å². The Morgan fingerprint density at radius 3 is 2.56 bits per heavy atom. The van der Waals surface area contributed by atoms with E-state index in [4.69, 9.17) is 0 Å². The molecule has 0 saturated heterocycles. The van der Waals surface area contributed by atoms with Crippen molar-refractivity contribution in [2.24, 2.45) is 5.10 Å². The molecule has 0 aliphatic carbocycles. The van der Waals surface area contributed by atoms with E-state index in [1.54, 1.807) is 6.92 Å². The highest BCUT2D eigenvalue weighted by Gasteiger charge is 2.01. The number of nitrogens with one attached hydrogen (secondary N) is 3. The van der Waals surface area contributed by atoms with E-state index in [1.807, 2.05) is 30.3 Å². The van der Waals surface area contributed by atoms with Crippen molar-refractivity contribution in [3.63, 3.8) is 0 Å². The Kier molecular flexibility index (Phi) is 3.38. The first-order valence-corrected chi connectivity index (χ1v) is 5.34. The van der Waals surface area contributed by atoms with Crippen LogP contribution in [0.5, 0.6) is 0 Å². The van der Waals surface area contributed by atoms with Crippen LogP contribution in [0.1, 0.15) is 11.3 Å². The average Bonchev–Trinajstić information content (AvgIpc) is 2.34. The topological polar surface area (TPSA) is 90.1 Å². The first-order chi connectivity index (χ1) is 8.66. The molecule has 0 unspecified atom stereocenters. The number of anilines is 1. The quantitative estimate of drug-likeness (QED) is 0.551. The predicted molar refractivity (Wildman–Crippen MR) is 70.1 cm³/mol. The number of nitrogens with zero attached hydrogens (tertiary/aromatic N) is 1. The van der Waals surface area contributed by atoms with E-state index in [2.05, 4.69) is 20.5 Å². The highest BCUT2D eigenvalue weighted by Crippen LogP contribution is 2.04. The van der Waals surface area contributed by atoms with E-state index in [-0.39, 0.29) is 0 Å². The maximum Gasteiger partial charge on any atom is 0.325 e. The summed E-state index contributed by atoms with van der Waals surface area (Å²) in [6.07, 6.45) is 1.37. The highest BCUT2D eigenvalue weighted by atomic mass is 16.2. The number of aromatic nitrogens is 2. The van der Waals surface area contributed by atoms with Gasteiger partial charge in [0.05, 0.1) is 17.5 Å². The Balaban J connectivity index is 2.20. The Bertz CT molecular complexity index is 670. The maximum atomic E-state index is 11.5. The van der Waals surface area contributed by atoms with Gasteiger partial charge in [0, 0.05) is 5.69 Å². The third-order valence-corrected chi connectivity index (χ3v) is 2.34. The van der Waals surface area contributed by atoms with Gasteiger partial charge in [-0.3, -0.25) is 15.2 Å². The number of hydrazone groups is 1. The van der Waals surface area contributed by atoms with Crippen LogP contribution in [0.25, 0.3) is 0 Å². The first-order valence-electron chi connectivity index (χ1n) is 5.34. The summed E-state index contributed by atoms with van der Waals surface area (Å²) >= 11 is 0. The Morgan fingerprint density at radius 1 is 1.17 bits per heavy atom. The van der Waals surface area contributed by atoms with E-state index in [0.717, 1.165) is 5.69 Å². The number of rotatable bonds is 3. The average molecular weight is 244 g/mol. The van der Waals surface area contributed by atoms with Crippen molar-refractivity contribution in [1.82, 2.24) is 9.97 Å². The van der Waals surface area contributed by atoms with Gasteiger partial charge in [0.25, 0.3) is 5.56 Å². The molecule has 0 amide bonds. The van der Waals surface area contributed by atoms with Crippen LogP contribution in [0.2, 0.25) is 0 Å². The second-order valence-electron chi connectivity index (χ2n) is 3.68. The number of benzene rings is 1. The van der Waals surface area contributed by atoms with Crippen molar-refractivity contribution >= 4 is 11.9 Å². The highest BCUT2D eigenvalue weighted by molar-refractivity contribution is 5.80. The lowest BCUT2D eigenvalue weighted by molar-refractivity contribution is 0.988. The van der Waals surface area contributed by atoms with Gasteiger partial charge in [-0.1, -0.05) is 18.2 Å². The Hall–Kier alpha value is -2.63. The monoisotopic (exact) mass is 244 g/mol. The molecule has 2 rings (SSSR count). The van der Waals surface area contributed by atoms with Crippen LogP contribution in [0.4, 0.5) is 5.69 Å². The molecule has 2 aromatic rings. The van der Waals surface area contributed by atoms with E-state index in [1.165, 1.54) is 6.21 Å². The molecule has 0 atom stereocenters. The van der Waals surface area contributed by atoms with Crippen molar-refractivity contribution in [3.8, 4) is 0 Å². The number of H-pyrrole nitrogens is 2. The fraction of sp³-hybridized carbons (Fsp3) is 0.0833. The van der Waals surface area contributed by atoms with Gasteiger partial charge in [0.2, 0.25) is 0 Å². The molecule has 0 aliphatic rings. The van der Waals surface area contributed by atoms with Gasteiger partial charge in [-0.15, -0.1) is 0 Å². The van der Waals surface area contributed by atoms with Crippen molar-refractivity contribution < 1.29 is 0 Å². The minimum atomic E-state index is -0.523. The zero-order valence-corrected chi connectivity index (χ0v) is 9.73. The summed E-state index contributed by atoms with van der Waals surface area (Å²) in [6.45, 7) is 1.64. The van der Waals surface area contributed by atoms with Gasteiger partial charge in [0.15, 0.2) is 0 Å². The van der Waals surface area contributed by atoms with Gasteiger partial charge in [-0.25, -0.2) is 4.79 Å². The normalized spacial score (nSPS) is 10.7. The molecule has 6 nitrogen and oxygen atoms in total. The van der Waals surface area contributed by atoms with Crippen molar-refractivity contribution in [1.29, 1.82) is 0 Å². The summed E-state index contributed by atoms with van der Waals surface area (Å²) in [4.78, 5) is 27.1. The Labute approximate surface area is 102 Å². The summed E-state index contributed by atoms with van der Waals surface area (Å²) < 4.78 is 0. The molecule has 18 heavy (non-hydrogen) atoms. The second-order valence-corrected chi connectivity index (χ2v) is 3.68. The standard InChI is InChI=1S/C12H12N4O2/c1-8-10(11(17)15-12(18)14-8)7-13-16-9-5-3-2-4-6-9/h2-7,16H,1H3,(H2,14,15,17,18). The third kappa shape index (κ3) is 2.73. The molecule has 0 bridgehead atoms. The number of para-hydroxylation sites is 1. The van der Waals surface area contributed by atoms with Crippen LogP contribution >= 0.6 is 0 Å². The van der Waals surface area contributed by atoms with Crippen molar-refractivity contribution in [2.75, 3.05) is 5.43 Å². The molecular formula is C12H12N4O2. The van der Waals surface area contributed by atoms with Crippen molar-refractivity contribution in [3.05, 3.63) is 62.4 Å². The van der Waals surface area contributed by atoms with Crippen molar-refractivity contribution in [2.45, 2.75) is 6.92 Å². The predicted octanol–water partition coefficient (Wildman–Crippen LogP) is 0.818. The molecule has 0 aliphatic heterocycles. The summed E-state index contributed by atoms with van der Waals surface area (Å²) in [6, 6.07) is 9.33. The zero-order valence-electron chi connectivity index (χ0n) is 9.73. The molecule has 3 N–H and O–H groups in total. The smallest absolute Gasteiger partial charge is 0.311 e. The SMILES string of the molecule is Cc1[nH]c(=O)[nH]c(=O)c1C=NNc1ccccc1. The second kappa shape index (κ2) is 5.13. The van der Waals surface area contributed by atoms with Crippen LogP contribution in [0, 0.1) is 6.92 Å². The van der Waals surface area contributed by atoms with Gasteiger partial charge < -0.3 is 4.98 Å². The lowest BCUT2D eigenvalue weighted by atomic mass is 10.2. The van der Waals surface area contributed by atoms with E-state index in [9.17, 15) is 9.59 Å². The number of hydrogen-bond acceptors (Lipinski definition) is 4. The first kappa shape index (κ1) is 11.8. The van der Waals surface area contributed by atoms with Gasteiger partial charge in [-0.2, -0.15) is 5.10 Å². The summed E-state index contributed by atoms with van der Waals surface area (Å²) in [5, 5.41) is 3.95. The van der Waals surface area contributed by atoms with Crippen LogP contribution in [0.15, 0.2) is 45.0 Å².